The van der Waals surface area contributed by atoms with Crippen LogP contribution in [-0.4, -0.2) is 23.1 Å². The zero-order valence-electron chi connectivity index (χ0n) is 10.1. The number of aromatic nitrogens is 2. The largest absolute Gasteiger partial charge is 0.477 e. The lowest BCUT2D eigenvalue weighted by Crippen LogP contribution is -2.15. The molecular formula is C12H18BrN3O. The van der Waals surface area contributed by atoms with Gasteiger partial charge in [-0.1, -0.05) is 19.3 Å². The van der Waals surface area contributed by atoms with Crippen LogP contribution in [0.4, 0.5) is 5.95 Å². The van der Waals surface area contributed by atoms with E-state index < -0.39 is 0 Å². The first kappa shape index (κ1) is 12.6. The first-order chi connectivity index (χ1) is 8.29. The van der Waals surface area contributed by atoms with E-state index in [-0.39, 0.29) is 0 Å². The van der Waals surface area contributed by atoms with Gasteiger partial charge in [0.1, 0.15) is 0 Å². The van der Waals surface area contributed by atoms with Gasteiger partial charge in [0, 0.05) is 6.54 Å². The third-order valence-electron chi connectivity index (χ3n) is 3.04. The van der Waals surface area contributed by atoms with Crippen molar-refractivity contribution in [3.05, 3.63) is 10.7 Å². The summed E-state index contributed by atoms with van der Waals surface area (Å²) in [6.07, 6.45) is 6.96. The molecule has 1 aliphatic rings. The van der Waals surface area contributed by atoms with Gasteiger partial charge in [0.05, 0.1) is 17.3 Å². The lowest BCUT2D eigenvalue weighted by atomic mass is 9.83. The number of hydrogen-bond acceptors (Lipinski definition) is 4. The molecule has 0 radical (unpaired) electrons. The number of anilines is 1. The Bertz CT molecular complexity index is 369. The van der Waals surface area contributed by atoms with Gasteiger partial charge >= 0.3 is 0 Å². The van der Waals surface area contributed by atoms with Crippen molar-refractivity contribution in [1.29, 1.82) is 0 Å². The Hall–Kier alpha value is -0.840. The van der Waals surface area contributed by atoms with Crippen LogP contribution in [-0.2, 0) is 0 Å². The molecule has 0 atom stereocenters. The molecule has 1 aromatic heterocycles. The summed E-state index contributed by atoms with van der Waals surface area (Å²) in [6.45, 7) is 3.57. The van der Waals surface area contributed by atoms with Crippen molar-refractivity contribution in [1.82, 2.24) is 9.97 Å². The second kappa shape index (κ2) is 6.19. The molecule has 4 nitrogen and oxygen atoms in total. The Labute approximate surface area is 110 Å². The summed E-state index contributed by atoms with van der Waals surface area (Å²) in [5, 5.41) is 3.07. The molecule has 1 aromatic rings. The van der Waals surface area contributed by atoms with Crippen LogP contribution in [0.2, 0.25) is 0 Å². The number of halogens is 1. The molecule has 2 rings (SSSR count). The van der Waals surface area contributed by atoms with E-state index >= 15 is 0 Å². The lowest BCUT2D eigenvalue weighted by molar-refractivity contribution is 0.216. The molecule has 0 bridgehead atoms. The van der Waals surface area contributed by atoms with E-state index in [1.165, 1.54) is 19.3 Å². The summed E-state index contributed by atoms with van der Waals surface area (Å²) in [5.41, 5.74) is 0. The fourth-order valence-corrected chi connectivity index (χ4v) is 2.11. The number of hydrogen-bond donors (Lipinski definition) is 1. The maximum absolute atomic E-state index is 5.69. The fourth-order valence-electron chi connectivity index (χ4n) is 1.80. The summed E-state index contributed by atoms with van der Waals surface area (Å²) in [4.78, 5) is 8.46. The summed E-state index contributed by atoms with van der Waals surface area (Å²) in [5.74, 6) is 2.12. The molecule has 1 N–H and O–H groups in total. The molecule has 1 saturated carbocycles. The molecule has 0 aliphatic heterocycles. The molecule has 0 unspecified atom stereocenters. The molecule has 1 aliphatic carbocycles. The van der Waals surface area contributed by atoms with Gasteiger partial charge in [-0.2, -0.15) is 4.98 Å². The standard InChI is InChI=1S/C12H18BrN3O/c1-2-14-12-15-8-10(13)11(16-12)17-7-6-9-4-3-5-9/h8-9H,2-7H2,1H3,(H,14,15,16). The minimum absolute atomic E-state index is 0.620. The zero-order valence-corrected chi connectivity index (χ0v) is 11.7. The molecule has 0 spiro atoms. The van der Waals surface area contributed by atoms with E-state index in [0.29, 0.717) is 11.8 Å². The van der Waals surface area contributed by atoms with E-state index in [0.717, 1.165) is 30.0 Å². The third kappa shape index (κ3) is 3.56. The summed E-state index contributed by atoms with van der Waals surface area (Å²) < 4.78 is 6.50. The summed E-state index contributed by atoms with van der Waals surface area (Å²) in [6, 6.07) is 0. The molecule has 0 amide bonds. The van der Waals surface area contributed by atoms with Crippen molar-refractivity contribution in [3.63, 3.8) is 0 Å². The van der Waals surface area contributed by atoms with Crippen LogP contribution in [0.3, 0.4) is 0 Å². The highest BCUT2D eigenvalue weighted by Gasteiger charge is 2.17. The maximum Gasteiger partial charge on any atom is 0.232 e. The lowest BCUT2D eigenvalue weighted by Gasteiger charge is -2.24. The highest BCUT2D eigenvalue weighted by molar-refractivity contribution is 9.10. The van der Waals surface area contributed by atoms with Crippen molar-refractivity contribution >= 4 is 21.9 Å². The van der Waals surface area contributed by atoms with Crippen LogP contribution < -0.4 is 10.1 Å². The Morgan fingerprint density at radius 1 is 1.53 bits per heavy atom. The molecule has 0 aromatic carbocycles. The number of rotatable bonds is 6. The summed E-state index contributed by atoms with van der Waals surface area (Å²) in [7, 11) is 0. The maximum atomic E-state index is 5.69. The molecule has 17 heavy (non-hydrogen) atoms. The normalized spacial score (nSPS) is 15.4. The SMILES string of the molecule is CCNc1ncc(Br)c(OCCC2CCC2)n1. The predicted octanol–water partition coefficient (Wildman–Crippen LogP) is 3.24. The predicted molar refractivity (Wildman–Crippen MR) is 71.3 cm³/mol. The van der Waals surface area contributed by atoms with Gasteiger partial charge in [-0.25, -0.2) is 4.98 Å². The second-order valence-corrected chi connectivity index (χ2v) is 5.17. The highest BCUT2D eigenvalue weighted by atomic mass is 79.9. The van der Waals surface area contributed by atoms with Gasteiger partial charge < -0.3 is 10.1 Å². The topological polar surface area (TPSA) is 47.0 Å². The molecule has 94 valence electrons. The molecule has 1 heterocycles. The molecule has 5 heteroatoms. The van der Waals surface area contributed by atoms with Crippen molar-refractivity contribution < 1.29 is 4.74 Å². The number of nitrogens with zero attached hydrogens (tertiary/aromatic N) is 2. The van der Waals surface area contributed by atoms with Crippen LogP contribution in [0.25, 0.3) is 0 Å². The quantitative estimate of drug-likeness (QED) is 0.876. The zero-order chi connectivity index (χ0) is 12.1. The minimum Gasteiger partial charge on any atom is -0.477 e. The van der Waals surface area contributed by atoms with Crippen molar-refractivity contribution in [3.8, 4) is 5.88 Å². The molecular weight excluding hydrogens is 282 g/mol. The van der Waals surface area contributed by atoms with Gasteiger partial charge in [0.2, 0.25) is 11.8 Å². The van der Waals surface area contributed by atoms with Crippen LogP contribution in [0.1, 0.15) is 32.6 Å². The van der Waals surface area contributed by atoms with Crippen molar-refractivity contribution in [2.45, 2.75) is 32.6 Å². The highest BCUT2D eigenvalue weighted by Crippen LogP contribution is 2.30. The van der Waals surface area contributed by atoms with E-state index in [1.54, 1.807) is 6.20 Å². The Morgan fingerprint density at radius 2 is 2.35 bits per heavy atom. The van der Waals surface area contributed by atoms with E-state index in [4.69, 9.17) is 4.74 Å². The Balaban J connectivity index is 1.86. The van der Waals surface area contributed by atoms with E-state index in [9.17, 15) is 0 Å². The average Bonchev–Trinajstić information content (AvgIpc) is 2.26. The van der Waals surface area contributed by atoms with E-state index in [1.807, 2.05) is 6.92 Å². The average molecular weight is 300 g/mol. The van der Waals surface area contributed by atoms with Gasteiger partial charge in [-0.05, 0) is 35.2 Å². The number of nitrogens with one attached hydrogen (secondary N) is 1. The third-order valence-corrected chi connectivity index (χ3v) is 3.58. The fraction of sp³-hybridized carbons (Fsp3) is 0.667. The monoisotopic (exact) mass is 299 g/mol. The van der Waals surface area contributed by atoms with Crippen LogP contribution in [0.5, 0.6) is 5.88 Å². The first-order valence-corrected chi connectivity index (χ1v) is 6.98. The van der Waals surface area contributed by atoms with Gasteiger partial charge in [-0.15, -0.1) is 0 Å². The first-order valence-electron chi connectivity index (χ1n) is 6.18. The van der Waals surface area contributed by atoms with Crippen molar-refractivity contribution in [2.75, 3.05) is 18.5 Å². The Kier molecular flexibility index (Phi) is 4.59. The van der Waals surface area contributed by atoms with Crippen LogP contribution in [0.15, 0.2) is 10.7 Å². The molecule has 0 saturated heterocycles. The molecule has 1 fully saturated rings. The van der Waals surface area contributed by atoms with Crippen LogP contribution in [0, 0.1) is 5.92 Å². The summed E-state index contributed by atoms with van der Waals surface area (Å²) >= 11 is 3.40. The minimum atomic E-state index is 0.620. The van der Waals surface area contributed by atoms with E-state index in [2.05, 4.69) is 31.2 Å². The number of ether oxygens (including phenoxy) is 1. The van der Waals surface area contributed by atoms with Gasteiger partial charge in [-0.3, -0.25) is 0 Å². The smallest absolute Gasteiger partial charge is 0.232 e. The second-order valence-electron chi connectivity index (χ2n) is 4.31. The van der Waals surface area contributed by atoms with Crippen molar-refractivity contribution in [2.24, 2.45) is 5.92 Å². The Morgan fingerprint density at radius 3 is 3.00 bits per heavy atom. The van der Waals surface area contributed by atoms with Crippen LogP contribution >= 0.6 is 15.9 Å². The van der Waals surface area contributed by atoms with Gasteiger partial charge in [0.15, 0.2) is 0 Å². The van der Waals surface area contributed by atoms with Gasteiger partial charge in [0.25, 0.3) is 0 Å².